The lowest BCUT2D eigenvalue weighted by atomic mass is 10.2. The van der Waals surface area contributed by atoms with Crippen LogP contribution in [0.5, 0.6) is 17.2 Å². The Morgan fingerprint density at radius 2 is 1.65 bits per heavy atom. The van der Waals surface area contributed by atoms with Crippen molar-refractivity contribution in [1.29, 1.82) is 0 Å². The normalized spacial score (nSPS) is 11.1. The lowest BCUT2D eigenvalue weighted by molar-refractivity contribution is 0.400. The molecule has 3 aromatic carbocycles. The van der Waals surface area contributed by atoms with Gasteiger partial charge in [0.25, 0.3) is 5.56 Å². The van der Waals surface area contributed by atoms with E-state index < -0.39 is 0 Å². The van der Waals surface area contributed by atoms with Crippen LogP contribution in [0.3, 0.4) is 0 Å². The van der Waals surface area contributed by atoms with Crippen molar-refractivity contribution in [3.05, 3.63) is 82.6 Å². The van der Waals surface area contributed by atoms with E-state index in [0.717, 1.165) is 22.6 Å². The van der Waals surface area contributed by atoms with Crippen LogP contribution in [0.1, 0.15) is 5.56 Å². The van der Waals surface area contributed by atoms with Gasteiger partial charge in [-0.3, -0.25) is 9.20 Å². The molecule has 0 saturated carbocycles. The monoisotopic (exact) mass is 474 g/mol. The third kappa shape index (κ3) is 3.73. The van der Waals surface area contributed by atoms with E-state index in [9.17, 15) is 4.79 Å². The van der Waals surface area contributed by atoms with Crippen LogP contribution >= 0.6 is 11.8 Å². The fourth-order valence-electron chi connectivity index (χ4n) is 3.89. The third-order valence-corrected chi connectivity index (χ3v) is 6.53. The summed E-state index contributed by atoms with van der Waals surface area (Å²) in [7, 11) is 4.87. The van der Waals surface area contributed by atoms with E-state index in [2.05, 4.69) is 10.2 Å². The van der Waals surface area contributed by atoms with E-state index in [1.165, 1.54) is 11.8 Å². The highest BCUT2D eigenvalue weighted by atomic mass is 32.2. The van der Waals surface area contributed by atoms with Crippen LogP contribution in [0.2, 0.25) is 0 Å². The molecule has 34 heavy (non-hydrogen) atoms. The summed E-state index contributed by atoms with van der Waals surface area (Å²) in [6.45, 7) is 0. The Balaban J connectivity index is 1.67. The van der Waals surface area contributed by atoms with Gasteiger partial charge in [0.1, 0.15) is 17.2 Å². The van der Waals surface area contributed by atoms with E-state index in [1.54, 1.807) is 32.0 Å². The number of nitrogens with zero attached hydrogens (tertiary/aromatic N) is 4. The topological polar surface area (TPSA) is 79.9 Å². The highest BCUT2D eigenvalue weighted by Crippen LogP contribution is 2.31. The Morgan fingerprint density at radius 3 is 2.44 bits per heavy atom. The Kier molecular flexibility index (Phi) is 5.85. The molecule has 0 radical (unpaired) electrons. The molecule has 0 aliphatic carbocycles. The first kappa shape index (κ1) is 21.8. The number of para-hydroxylation sites is 1. The quantitative estimate of drug-likeness (QED) is 0.325. The highest BCUT2D eigenvalue weighted by molar-refractivity contribution is 7.98. The van der Waals surface area contributed by atoms with Crippen LogP contribution in [0.4, 0.5) is 0 Å². The molecule has 0 saturated heterocycles. The molecule has 0 aliphatic heterocycles. The van der Waals surface area contributed by atoms with Crippen LogP contribution in [0.15, 0.2) is 76.7 Å². The number of fused-ring (bicyclic) bond motifs is 3. The predicted molar refractivity (Wildman–Crippen MR) is 132 cm³/mol. The number of ether oxygens (including phenoxy) is 3. The molecule has 2 heterocycles. The summed E-state index contributed by atoms with van der Waals surface area (Å²) < 4.78 is 19.7. The van der Waals surface area contributed by atoms with Gasteiger partial charge < -0.3 is 14.2 Å². The Morgan fingerprint density at radius 1 is 0.853 bits per heavy atom. The van der Waals surface area contributed by atoms with Crippen molar-refractivity contribution in [2.24, 2.45) is 0 Å². The SMILES string of the molecule is COc1cccc(-n2c(=O)c3ccccc3n3c(SCc4cc(OC)ccc4OC)nnc23)c1. The number of hydrogen-bond donors (Lipinski definition) is 0. The minimum Gasteiger partial charge on any atom is -0.497 e. The Hall–Kier alpha value is -3.98. The first-order chi connectivity index (χ1) is 16.6. The van der Waals surface area contributed by atoms with Crippen LogP contribution < -0.4 is 19.8 Å². The number of hydrogen-bond acceptors (Lipinski definition) is 7. The van der Waals surface area contributed by atoms with Gasteiger partial charge in [0.05, 0.1) is 37.9 Å². The first-order valence-electron chi connectivity index (χ1n) is 10.5. The van der Waals surface area contributed by atoms with Crippen LogP contribution in [-0.2, 0) is 5.75 Å². The molecular weight excluding hydrogens is 452 g/mol. The Labute approximate surface area is 199 Å². The summed E-state index contributed by atoms with van der Waals surface area (Å²) in [4.78, 5) is 13.5. The van der Waals surface area contributed by atoms with Crippen molar-refractivity contribution >= 4 is 28.4 Å². The molecule has 0 spiro atoms. The van der Waals surface area contributed by atoms with Crippen molar-refractivity contribution in [3.63, 3.8) is 0 Å². The zero-order chi connectivity index (χ0) is 23.7. The lowest BCUT2D eigenvalue weighted by Crippen LogP contribution is -2.21. The fourth-order valence-corrected chi connectivity index (χ4v) is 4.81. The van der Waals surface area contributed by atoms with Crippen LogP contribution in [-0.4, -0.2) is 40.5 Å². The van der Waals surface area contributed by atoms with Gasteiger partial charge in [0.2, 0.25) is 5.78 Å². The fraction of sp³-hybridized carbons (Fsp3) is 0.160. The van der Waals surface area contributed by atoms with Gasteiger partial charge >= 0.3 is 0 Å². The maximum absolute atomic E-state index is 13.5. The van der Waals surface area contributed by atoms with Gasteiger partial charge in [0, 0.05) is 17.4 Å². The van der Waals surface area contributed by atoms with E-state index in [1.807, 2.05) is 65.1 Å². The second kappa shape index (κ2) is 9.11. The lowest BCUT2D eigenvalue weighted by Gasteiger charge is -2.13. The molecule has 0 aliphatic rings. The maximum atomic E-state index is 13.5. The average Bonchev–Trinajstić information content (AvgIpc) is 3.31. The van der Waals surface area contributed by atoms with Crippen molar-refractivity contribution in [1.82, 2.24) is 19.2 Å². The molecule has 0 amide bonds. The van der Waals surface area contributed by atoms with Gasteiger partial charge in [-0.25, -0.2) is 4.57 Å². The highest BCUT2D eigenvalue weighted by Gasteiger charge is 2.19. The zero-order valence-corrected chi connectivity index (χ0v) is 19.7. The van der Waals surface area contributed by atoms with Crippen molar-refractivity contribution in [2.75, 3.05) is 21.3 Å². The number of rotatable bonds is 7. The minimum atomic E-state index is -0.172. The molecule has 5 rings (SSSR count). The number of thioether (sulfide) groups is 1. The average molecular weight is 475 g/mol. The summed E-state index contributed by atoms with van der Waals surface area (Å²) in [6, 6.07) is 20.5. The molecule has 0 bridgehead atoms. The van der Waals surface area contributed by atoms with E-state index >= 15 is 0 Å². The molecular formula is C25H22N4O4S. The second-order valence-corrected chi connectivity index (χ2v) is 8.39. The first-order valence-corrected chi connectivity index (χ1v) is 11.5. The van der Waals surface area contributed by atoms with Crippen molar-refractivity contribution in [2.45, 2.75) is 10.9 Å². The second-order valence-electron chi connectivity index (χ2n) is 7.44. The molecule has 0 fully saturated rings. The smallest absolute Gasteiger partial charge is 0.267 e. The van der Waals surface area contributed by atoms with Gasteiger partial charge in [0.15, 0.2) is 5.16 Å². The van der Waals surface area contributed by atoms with Gasteiger partial charge in [-0.05, 0) is 42.5 Å². The predicted octanol–water partition coefficient (Wildman–Crippen LogP) is 4.35. The van der Waals surface area contributed by atoms with E-state index in [4.69, 9.17) is 14.2 Å². The number of aromatic nitrogens is 4. The molecule has 0 N–H and O–H groups in total. The molecule has 2 aromatic heterocycles. The summed E-state index contributed by atoms with van der Waals surface area (Å²) in [5, 5.41) is 10.1. The summed E-state index contributed by atoms with van der Waals surface area (Å²) in [5.74, 6) is 3.17. The van der Waals surface area contributed by atoms with Crippen molar-refractivity contribution in [3.8, 4) is 22.9 Å². The number of benzene rings is 3. The van der Waals surface area contributed by atoms with Crippen LogP contribution in [0.25, 0.3) is 22.4 Å². The van der Waals surface area contributed by atoms with E-state index in [0.29, 0.717) is 33.5 Å². The summed E-state index contributed by atoms with van der Waals surface area (Å²) in [6.07, 6.45) is 0. The zero-order valence-electron chi connectivity index (χ0n) is 18.9. The van der Waals surface area contributed by atoms with Crippen molar-refractivity contribution < 1.29 is 14.2 Å². The van der Waals surface area contributed by atoms with Crippen LogP contribution in [0, 0.1) is 0 Å². The molecule has 9 heteroatoms. The number of methoxy groups -OCH3 is 3. The molecule has 0 atom stereocenters. The largest absolute Gasteiger partial charge is 0.497 e. The molecule has 172 valence electrons. The third-order valence-electron chi connectivity index (χ3n) is 5.55. The Bertz CT molecular complexity index is 1560. The molecule has 0 unspecified atom stereocenters. The van der Waals surface area contributed by atoms with E-state index in [-0.39, 0.29) is 5.56 Å². The maximum Gasteiger partial charge on any atom is 0.267 e. The van der Waals surface area contributed by atoms with Gasteiger partial charge in [-0.1, -0.05) is 30.0 Å². The minimum absolute atomic E-state index is 0.172. The van der Waals surface area contributed by atoms with Gasteiger partial charge in [-0.15, -0.1) is 10.2 Å². The standard InChI is InChI=1S/C25H22N4O4S/c1-31-18-8-6-7-17(14-18)28-23(30)20-9-4-5-10-21(20)29-24(28)26-27-25(29)34-15-16-13-19(32-2)11-12-22(16)33-3/h4-14H,15H2,1-3H3. The molecule has 8 nitrogen and oxygen atoms in total. The van der Waals surface area contributed by atoms with Gasteiger partial charge in [-0.2, -0.15) is 0 Å². The molecule has 5 aromatic rings. The summed E-state index contributed by atoms with van der Waals surface area (Å²) >= 11 is 1.50. The summed E-state index contributed by atoms with van der Waals surface area (Å²) in [5.41, 5.74) is 2.19.